The second kappa shape index (κ2) is 7.48. The molecule has 0 fully saturated rings. The molecule has 23 heavy (non-hydrogen) atoms. The zero-order chi connectivity index (χ0) is 16.1. The first kappa shape index (κ1) is 15.8. The fourth-order valence-corrected chi connectivity index (χ4v) is 3.29. The SMILES string of the molecule is O=C(CCc1csc(-c2ccccn2)n1)Nc1cccc(Br)c1. The molecule has 0 atom stereocenters. The Kier molecular flexibility index (Phi) is 5.15. The van der Waals surface area contributed by atoms with Gasteiger partial charge in [-0.3, -0.25) is 9.78 Å². The number of nitrogens with one attached hydrogen (secondary N) is 1. The first-order valence-corrected chi connectivity index (χ1v) is 8.79. The van der Waals surface area contributed by atoms with Gasteiger partial charge in [-0.05, 0) is 36.8 Å². The Hall–Kier alpha value is -2.05. The molecule has 0 unspecified atom stereocenters. The van der Waals surface area contributed by atoms with Crippen LogP contribution in [0.3, 0.4) is 0 Å². The molecule has 2 heterocycles. The van der Waals surface area contributed by atoms with Crippen LogP contribution in [0, 0.1) is 0 Å². The molecule has 4 nitrogen and oxygen atoms in total. The summed E-state index contributed by atoms with van der Waals surface area (Å²) < 4.78 is 0.940. The van der Waals surface area contributed by atoms with E-state index in [2.05, 4.69) is 31.2 Å². The highest BCUT2D eigenvalue weighted by atomic mass is 79.9. The van der Waals surface area contributed by atoms with Gasteiger partial charge >= 0.3 is 0 Å². The van der Waals surface area contributed by atoms with E-state index < -0.39 is 0 Å². The highest BCUT2D eigenvalue weighted by Gasteiger charge is 2.08. The van der Waals surface area contributed by atoms with Gasteiger partial charge in [-0.1, -0.05) is 28.1 Å². The van der Waals surface area contributed by atoms with Gasteiger partial charge in [-0.2, -0.15) is 0 Å². The predicted octanol–water partition coefficient (Wildman–Crippen LogP) is 4.54. The number of anilines is 1. The summed E-state index contributed by atoms with van der Waals surface area (Å²) in [5.41, 5.74) is 2.57. The third-order valence-corrected chi connectivity index (χ3v) is 4.56. The first-order valence-electron chi connectivity index (χ1n) is 7.12. The van der Waals surface area contributed by atoms with Gasteiger partial charge in [0.2, 0.25) is 5.91 Å². The molecule has 0 aliphatic carbocycles. The van der Waals surface area contributed by atoms with Gasteiger partial charge in [0.05, 0.1) is 11.4 Å². The van der Waals surface area contributed by atoms with Crippen molar-refractivity contribution in [2.75, 3.05) is 5.32 Å². The van der Waals surface area contributed by atoms with Crippen LogP contribution in [0.2, 0.25) is 0 Å². The van der Waals surface area contributed by atoms with Crippen LogP contribution in [0.15, 0.2) is 58.5 Å². The van der Waals surface area contributed by atoms with Crippen LogP contribution in [0.1, 0.15) is 12.1 Å². The lowest BCUT2D eigenvalue weighted by molar-refractivity contribution is -0.116. The van der Waals surface area contributed by atoms with Gasteiger partial charge in [-0.25, -0.2) is 4.98 Å². The molecule has 0 aliphatic rings. The van der Waals surface area contributed by atoms with Gasteiger partial charge in [-0.15, -0.1) is 11.3 Å². The lowest BCUT2D eigenvalue weighted by atomic mass is 10.2. The van der Waals surface area contributed by atoms with E-state index >= 15 is 0 Å². The molecule has 116 valence electrons. The Morgan fingerprint density at radius 3 is 2.91 bits per heavy atom. The van der Waals surface area contributed by atoms with Crippen LogP contribution in [-0.2, 0) is 11.2 Å². The van der Waals surface area contributed by atoms with Gasteiger partial charge in [0, 0.05) is 28.2 Å². The van der Waals surface area contributed by atoms with Crippen LogP contribution in [0.25, 0.3) is 10.7 Å². The molecule has 6 heteroatoms. The standard InChI is InChI=1S/C17H14BrN3OS/c18-12-4-3-5-13(10-12)20-16(22)8-7-14-11-23-17(21-14)15-6-1-2-9-19-15/h1-6,9-11H,7-8H2,(H,20,22). The summed E-state index contributed by atoms with van der Waals surface area (Å²) in [5.74, 6) is -0.0181. The Labute approximate surface area is 146 Å². The summed E-state index contributed by atoms with van der Waals surface area (Å²) in [6.45, 7) is 0. The van der Waals surface area contributed by atoms with E-state index in [1.165, 1.54) is 0 Å². The molecule has 0 saturated heterocycles. The van der Waals surface area contributed by atoms with Crippen molar-refractivity contribution in [1.82, 2.24) is 9.97 Å². The number of hydrogen-bond donors (Lipinski definition) is 1. The molecule has 3 aromatic rings. The molecule has 0 bridgehead atoms. The minimum Gasteiger partial charge on any atom is -0.326 e. The second-order valence-electron chi connectivity index (χ2n) is 4.92. The molecule has 3 rings (SSSR count). The largest absolute Gasteiger partial charge is 0.326 e. The molecule has 0 radical (unpaired) electrons. The number of benzene rings is 1. The highest BCUT2D eigenvalue weighted by Crippen LogP contribution is 2.22. The summed E-state index contributed by atoms with van der Waals surface area (Å²) in [6, 6.07) is 13.3. The number of carbonyl (C=O) groups is 1. The van der Waals surface area contributed by atoms with Gasteiger partial charge in [0.25, 0.3) is 0 Å². The van der Waals surface area contributed by atoms with Gasteiger partial charge < -0.3 is 5.32 Å². The minimum absolute atomic E-state index is 0.0181. The molecule has 0 aliphatic heterocycles. The van der Waals surface area contributed by atoms with E-state index in [1.807, 2.05) is 47.8 Å². The van der Waals surface area contributed by atoms with E-state index in [-0.39, 0.29) is 5.91 Å². The molecular weight excluding hydrogens is 374 g/mol. The van der Waals surface area contributed by atoms with E-state index in [9.17, 15) is 4.79 Å². The second-order valence-corrected chi connectivity index (χ2v) is 6.69. The number of hydrogen-bond acceptors (Lipinski definition) is 4. The molecular formula is C17H14BrN3OS. The van der Waals surface area contributed by atoms with Crippen LogP contribution < -0.4 is 5.32 Å². The lowest BCUT2D eigenvalue weighted by Gasteiger charge is -2.04. The highest BCUT2D eigenvalue weighted by molar-refractivity contribution is 9.10. The number of thiazole rings is 1. The molecule has 0 saturated carbocycles. The van der Waals surface area contributed by atoms with E-state index in [4.69, 9.17) is 0 Å². The first-order chi connectivity index (χ1) is 11.2. The van der Waals surface area contributed by atoms with Crippen molar-refractivity contribution in [3.8, 4) is 10.7 Å². The number of amides is 1. The van der Waals surface area contributed by atoms with Crippen LogP contribution in [-0.4, -0.2) is 15.9 Å². The van der Waals surface area contributed by atoms with E-state index in [1.54, 1.807) is 17.5 Å². The number of aromatic nitrogens is 2. The van der Waals surface area contributed by atoms with E-state index in [0.29, 0.717) is 12.8 Å². The van der Waals surface area contributed by atoms with Crippen molar-refractivity contribution in [3.63, 3.8) is 0 Å². The number of aryl methyl sites for hydroxylation is 1. The smallest absolute Gasteiger partial charge is 0.224 e. The molecule has 1 amide bonds. The number of nitrogens with zero attached hydrogens (tertiary/aromatic N) is 2. The Bertz CT molecular complexity index is 804. The zero-order valence-corrected chi connectivity index (χ0v) is 14.6. The van der Waals surface area contributed by atoms with Gasteiger partial charge in [0.15, 0.2) is 0 Å². The lowest BCUT2D eigenvalue weighted by Crippen LogP contribution is -2.12. The van der Waals surface area contributed by atoms with Crippen molar-refractivity contribution < 1.29 is 4.79 Å². The topological polar surface area (TPSA) is 54.9 Å². The maximum Gasteiger partial charge on any atom is 0.224 e. The minimum atomic E-state index is -0.0181. The molecule has 0 spiro atoms. The summed E-state index contributed by atoms with van der Waals surface area (Å²) in [4.78, 5) is 20.8. The summed E-state index contributed by atoms with van der Waals surface area (Å²) in [7, 11) is 0. The molecule has 2 aromatic heterocycles. The number of rotatable bonds is 5. The summed E-state index contributed by atoms with van der Waals surface area (Å²) in [5, 5.41) is 5.75. The summed E-state index contributed by atoms with van der Waals surface area (Å²) in [6.07, 6.45) is 2.77. The van der Waals surface area contributed by atoms with Crippen molar-refractivity contribution in [3.05, 3.63) is 64.2 Å². The number of halogens is 1. The fraction of sp³-hybridized carbons (Fsp3) is 0.118. The maximum absolute atomic E-state index is 12.0. The van der Waals surface area contributed by atoms with Crippen LogP contribution >= 0.6 is 27.3 Å². The molecule has 1 N–H and O–H groups in total. The Morgan fingerprint density at radius 1 is 1.22 bits per heavy atom. The van der Waals surface area contributed by atoms with Crippen molar-refractivity contribution in [2.45, 2.75) is 12.8 Å². The quantitative estimate of drug-likeness (QED) is 0.698. The predicted molar refractivity (Wildman–Crippen MR) is 96.4 cm³/mol. The third-order valence-electron chi connectivity index (χ3n) is 3.15. The Balaban J connectivity index is 1.56. The molecule has 1 aromatic carbocycles. The number of carbonyl (C=O) groups excluding carboxylic acids is 1. The van der Waals surface area contributed by atoms with Crippen LogP contribution in [0.4, 0.5) is 5.69 Å². The summed E-state index contributed by atoms with van der Waals surface area (Å²) >= 11 is 4.94. The van der Waals surface area contributed by atoms with Crippen molar-refractivity contribution in [2.24, 2.45) is 0 Å². The monoisotopic (exact) mass is 387 g/mol. The van der Waals surface area contributed by atoms with Crippen molar-refractivity contribution in [1.29, 1.82) is 0 Å². The Morgan fingerprint density at radius 2 is 2.13 bits per heavy atom. The fourth-order valence-electron chi connectivity index (χ4n) is 2.06. The van der Waals surface area contributed by atoms with Gasteiger partial charge in [0.1, 0.15) is 5.01 Å². The average Bonchev–Trinajstić information content (AvgIpc) is 3.03. The third kappa shape index (κ3) is 4.46. The van der Waals surface area contributed by atoms with E-state index in [0.717, 1.165) is 26.6 Å². The van der Waals surface area contributed by atoms with Crippen molar-refractivity contribution >= 4 is 38.9 Å². The van der Waals surface area contributed by atoms with Crippen LogP contribution in [0.5, 0.6) is 0 Å². The normalized spacial score (nSPS) is 10.5. The maximum atomic E-state index is 12.0. The average molecular weight is 388 g/mol. The zero-order valence-electron chi connectivity index (χ0n) is 12.2. The number of pyridine rings is 1.